The third-order valence-electron chi connectivity index (χ3n) is 2.23. The van der Waals surface area contributed by atoms with Gasteiger partial charge in [-0.05, 0) is 0 Å². The van der Waals surface area contributed by atoms with E-state index in [4.69, 9.17) is 0 Å². The van der Waals surface area contributed by atoms with Crippen molar-refractivity contribution in [2.24, 2.45) is 0 Å². The lowest BCUT2D eigenvalue weighted by molar-refractivity contribution is -0.346. The van der Waals surface area contributed by atoms with E-state index in [0.29, 0.717) is 0 Å². The number of rotatable bonds is 10. The van der Waals surface area contributed by atoms with Crippen molar-refractivity contribution in [1.29, 1.82) is 0 Å². The van der Waals surface area contributed by atoms with E-state index >= 15 is 0 Å². The molecule has 0 aliphatic rings. The Morgan fingerprint density at radius 2 is 1.33 bits per heavy atom. The number of aliphatic hydroxyl groups excluding tert-OH is 3. The van der Waals surface area contributed by atoms with Crippen LogP contribution in [0.25, 0.3) is 0 Å². The van der Waals surface area contributed by atoms with Crippen LogP contribution >= 0.6 is 15.6 Å². The highest BCUT2D eigenvalue weighted by Crippen LogP contribution is 2.27. The summed E-state index contributed by atoms with van der Waals surface area (Å²) >= 11 is 0. The standard InChI is InChI=1S/C7H18O12P2/c1-17-5(3-19-21(14,15)16)7(10)6(9)4(8)2-18-20(11,12)13/h4-10H,2-3H2,1H3,(H2,11,12,13)(H2,14,15,16)/p-4/t4-,5-,6-,7-/m1/s1. The van der Waals surface area contributed by atoms with Crippen molar-refractivity contribution in [2.45, 2.75) is 24.4 Å². The van der Waals surface area contributed by atoms with E-state index in [0.717, 1.165) is 7.11 Å². The van der Waals surface area contributed by atoms with Gasteiger partial charge in [0.25, 0.3) is 0 Å². The molecule has 0 saturated carbocycles. The van der Waals surface area contributed by atoms with Crippen LogP contribution in [-0.2, 0) is 22.9 Å². The molecule has 0 unspecified atom stereocenters. The van der Waals surface area contributed by atoms with Crippen molar-refractivity contribution >= 4 is 15.6 Å². The molecule has 0 radical (unpaired) electrons. The van der Waals surface area contributed by atoms with Gasteiger partial charge in [-0.1, -0.05) is 0 Å². The van der Waals surface area contributed by atoms with Gasteiger partial charge in [0.2, 0.25) is 0 Å². The van der Waals surface area contributed by atoms with E-state index in [2.05, 4.69) is 13.8 Å². The quantitative estimate of drug-likeness (QED) is 0.314. The zero-order chi connectivity index (χ0) is 16.8. The van der Waals surface area contributed by atoms with Crippen LogP contribution in [0, 0.1) is 0 Å². The van der Waals surface area contributed by atoms with Gasteiger partial charge in [-0.3, -0.25) is 0 Å². The molecule has 0 aromatic rings. The van der Waals surface area contributed by atoms with Crippen LogP contribution in [0.15, 0.2) is 0 Å². The largest absolute Gasteiger partial charge is 0.790 e. The predicted octanol–water partition coefficient (Wildman–Crippen LogP) is -5.23. The summed E-state index contributed by atoms with van der Waals surface area (Å²) in [6.07, 6.45) is -7.56. The molecule has 0 fully saturated rings. The summed E-state index contributed by atoms with van der Waals surface area (Å²) in [5, 5.41) is 28.4. The highest BCUT2D eigenvalue weighted by molar-refractivity contribution is 7.43. The molecule has 0 aromatic heterocycles. The van der Waals surface area contributed by atoms with Crippen molar-refractivity contribution in [3.63, 3.8) is 0 Å². The molecule has 0 aromatic carbocycles. The van der Waals surface area contributed by atoms with E-state index in [-0.39, 0.29) is 0 Å². The Bertz CT molecular complexity index is 389. The topological polar surface area (TPSA) is 215 Å². The summed E-state index contributed by atoms with van der Waals surface area (Å²) in [4.78, 5) is 40.9. The normalized spacial score (nSPS) is 19.0. The van der Waals surface area contributed by atoms with Crippen LogP contribution in [0.2, 0.25) is 0 Å². The third kappa shape index (κ3) is 9.63. The fraction of sp³-hybridized carbons (Fsp3) is 1.00. The summed E-state index contributed by atoms with van der Waals surface area (Å²) in [5.41, 5.74) is 0. The van der Waals surface area contributed by atoms with Gasteiger partial charge in [0.15, 0.2) is 0 Å². The molecule has 0 aliphatic carbocycles. The fourth-order valence-electron chi connectivity index (χ4n) is 1.18. The maximum absolute atomic E-state index is 10.3. The Morgan fingerprint density at radius 3 is 1.71 bits per heavy atom. The third-order valence-corrected chi connectivity index (χ3v) is 3.16. The molecule has 0 heterocycles. The maximum atomic E-state index is 10.3. The first-order chi connectivity index (χ1) is 9.37. The van der Waals surface area contributed by atoms with Gasteiger partial charge in [-0.2, -0.15) is 0 Å². The Balaban J connectivity index is 4.52. The molecular formula is C7H14O12P2-4. The predicted molar refractivity (Wildman–Crippen MR) is 55.9 cm³/mol. The highest BCUT2D eigenvalue weighted by atomic mass is 31.2. The molecule has 0 spiro atoms. The van der Waals surface area contributed by atoms with Crippen molar-refractivity contribution in [3.05, 3.63) is 0 Å². The van der Waals surface area contributed by atoms with E-state index in [9.17, 15) is 44.0 Å². The molecule has 4 atom stereocenters. The Labute approximate surface area is 119 Å². The Morgan fingerprint density at radius 1 is 0.905 bits per heavy atom. The van der Waals surface area contributed by atoms with Crippen LogP contribution in [0.1, 0.15) is 0 Å². The van der Waals surface area contributed by atoms with Gasteiger partial charge in [-0.25, -0.2) is 0 Å². The van der Waals surface area contributed by atoms with Crippen LogP contribution in [0.4, 0.5) is 0 Å². The fourth-order valence-corrected chi connectivity index (χ4v) is 1.85. The monoisotopic (exact) mass is 352 g/mol. The number of phosphoric ester groups is 2. The number of hydrogen-bond donors (Lipinski definition) is 3. The SMILES string of the molecule is CO[C@H](COP(=O)([O-])[O-])[C@@H](O)[C@H](O)[C@H](O)COP(=O)([O-])[O-]. The van der Waals surface area contributed by atoms with Crippen molar-refractivity contribution < 1.29 is 57.8 Å². The lowest BCUT2D eigenvalue weighted by atomic mass is 10.0. The summed E-state index contributed by atoms with van der Waals surface area (Å²) in [7, 11) is -9.74. The molecule has 14 heteroatoms. The zero-order valence-corrected chi connectivity index (χ0v) is 12.4. The maximum Gasteiger partial charge on any atom is 0.111 e. The summed E-state index contributed by atoms with van der Waals surface area (Å²) in [6, 6.07) is 0. The van der Waals surface area contributed by atoms with Crippen molar-refractivity contribution in [2.75, 3.05) is 20.3 Å². The summed E-state index contributed by atoms with van der Waals surface area (Å²) in [6.45, 7) is -2.09. The van der Waals surface area contributed by atoms with E-state index in [1.165, 1.54) is 0 Å². The number of phosphoric acid groups is 2. The zero-order valence-electron chi connectivity index (χ0n) is 10.6. The molecule has 21 heavy (non-hydrogen) atoms. The summed E-state index contributed by atoms with van der Waals surface area (Å²) < 4.78 is 32.5. The molecule has 12 nitrogen and oxygen atoms in total. The smallest absolute Gasteiger partial charge is 0.111 e. The van der Waals surface area contributed by atoms with Crippen LogP contribution in [-0.4, -0.2) is 60.1 Å². The molecule has 3 N–H and O–H groups in total. The Hall–Kier alpha value is 0.0600. The van der Waals surface area contributed by atoms with Gasteiger partial charge in [0.1, 0.15) is 24.4 Å². The van der Waals surface area contributed by atoms with E-state index < -0.39 is 53.3 Å². The van der Waals surface area contributed by atoms with Gasteiger partial charge in [0.05, 0.1) is 28.9 Å². The van der Waals surface area contributed by atoms with Crippen molar-refractivity contribution in [1.82, 2.24) is 0 Å². The first kappa shape index (κ1) is 21.1. The molecule has 0 saturated heterocycles. The highest BCUT2D eigenvalue weighted by Gasteiger charge is 2.32. The molecule has 0 amide bonds. The average molecular weight is 352 g/mol. The molecule has 128 valence electrons. The first-order valence-electron chi connectivity index (χ1n) is 5.27. The van der Waals surface area contributed by atoms with Crippen LogP contribution in [0.3, 0.4) is 0 Å². The molecule has 0 bridgehead atoms. The van der Waals surface area contributed by atoms with E-state index in [1.54, 1.807) is 0 Å². The lowest BCUT2D eigenvalue weighted by Crippen LogP contribution is -2.48. The Kier molecular flexibility index (Phi) is 8.65. The second-order valence-corrected chi connectivity index (χ2v) is 6.11. The van der Waals surface area contributed by atoms with Gasteiger partial charge in [-0.15, -0.1) is 0 Å². The summed E-state index contributed by atoms with van der Waals surface area (Å²) in [5.74, 6) is 0. The average Bonchev–Trinajstić information content (AvgIpc) is 2.33. The lowest BCUT2D eigenvalue weighted by Gasteiger charge is -2.34. The number of methoxy groups -OCH3 is 1. The number of hydrogen-bond acceptors (Lipinski definition) is 12. The molecule has 0 rings (SSSR count). The first-order valence-corrected chi connectivity index (χ1v) is 8.19. The molecule has 0 aliphatic heterocycles. The van der Waals surface area contributed by atoms with Gasteiger partial charge >= 0.3 is 0 Å². The number of ether oxygens (including phenoxy) is 1. The van der Waals surface area contributed by atoms with Gasteiger partial charge < -0.3 is 57.8 Å². The minimum Gasteiger partial charge on any atom is -0.790 e. The van der Waals surface area contributed by atoms with Crippen LogP contribution in [0.5, 0.6) is 0 Å². The van der Waals surface area contributed by atoms with E-state index in [1.807, 2.05) is 0 Å². The minimum absolute atomic E-state index is 0.950. The van der Waals surface area contributed by atoms with Crippen molar-refractivity contribution in [3.8, 4) is 0 Å². The second kappa shape index (κ2) is 8.63. The molecular weight excluding hydrogens is 338 g/mol. The number of aliphatic hydroxyl groups is 3. The van der Waals surface area contributed by atoms with Crippen LogP contribution < -0.4 is 19.6 Å². The second-order valence-electron chi connectivity index (χ2n) is 3.81. The van der Waals surface area contributed by atoms with Gasteiger partial charge in [0, 0.05) is 7.11 Å². The minimum atomic E-state index is -5.38.